The fraction of sp³-hybridized carbons (Fsp3) is 0.242. The summed E-state index contributed by atoms with van der Waals surface area (Å²) in [5, 5.41) is 6.69. The predicted octanol–water partition coefficient (Wildman–Crippen LogP) is 5.03. The Balaban J connectivity index is 1.11. The predicted molar refractivity (Wildman–Crippen MR) is 154 cm³/mol. The maximum atomic E-state index is 14.9. The van der Waals surface area contributed by atoms with Crippen LogP contribution in [0.4, 0.5) is 10.1 Å². The topological polar surface area (TPSA) is 85.6 Å². The first-order valence-corrected chi connectivity index (χ1v) is 13.6. The van der Waals surface area contributed by atoms with Gasteiger partial charge in [0, 0.05) is 19.4 Å². The maximum absolute atomic E-state index is 14.9. The number of ether oxygens (including phenoxy) is 2. The fourth-order valence-electron chi connectivity index (χ4n) is 5.63. The number of nitrogens with two attached hydrogens (primary N) is 1. The lowest BCUT2D eigenvalue weighted by molar-refractivity contribution is -0.118. The molecule has 0 saturated carbocycles. The molecule has 7 heteroatoms. The zero-order valence-corrected chi connectivity index (χ0v) is 22.1. The van der Waals surface area contributed by atoms with E-state index in [-0.39, 0.29) is 30.6 Å². The second-order valence-electron chi connectivity index (χ2n) is 10.4. The van der Waals surface area contributed by atoms with Crippen molar-refractivity contribution in [3.8, 4) is 16.9 Å². The number of amides is 1. The lowest BCUT2D eigenvalue weighted by Crippen LogP contribution is -2.47. The van der Waals surface area contributed by atoms with Crippen molar-refractivity contribution in [2.45, 2.75) is 37.1 Å². The van der Waals surface area contributed by atoms with Crippen molar-refractivity contribution in [1.82, 2.24) is 5.32 Å². The first kappa shape index (κ1) is 26.0. The van der Waals surface area contributed by atoms with Crippen molar-refractivity contribution >= 4 is 11.6 Å². The third-order valence-corrected chi connectivity index (χ3v) is 7.67. The Kier molecular flexibility index (Phi) is 7.49. The van der Waals surface area contributed by atoms with Gasteiger partial charge in [-0.2, -0.15) is 0 Å². The number of morpholine rings is 1. The summed E-state index contributed by atoms with van der Waals surface area (Å²) in [7, 11) is 0. The zero-order valence-electron chi connectivity index (χ0n) is 22.1. The average Bonchev–Trinajstić information content (AvgIpc) is 3.35. The first-order valence-electron chi connectivity index (χ1n) is 13.6. The Morgan fingerprint density at radius 1 is 0.975 bits per heavy atom. The second kappa shape index (κ2) is 11.5. The summed E-state index contributed by atoms with van der Waals surface area (Å²) in [5.41, 5.74) is 11.8. The minimum Gasteiger partial charge on any atom is -0.486 e. The van der Waals surface area contributed by atoms with Crippen LogP contribution in [0.25, 0.3) is 11.1 Å². The molecule has 1 aliphatic heterocycles. The molecule has 1 fully saturated rings. The number of hydrogen-bond donors (Lipinski definition) is 3. The van der Waals surface area contributed by atoms with Gasteiger partial charge in [0.2, 0.25) is 5.91 Å². The van der Waals surface area contributed by atoms with Crippen LogP contribution < -0.4 is 21.1 Å². The number of rotatable bonds is 9. The Morgan fingerprint density at radius 2 is 1.73 bits per heavy atom. The Labute approximate surface area is 233 Å². The summed E-state index contributed by atoms with van der Waals surface area (Å²) in [4.78, 5) is 12.4. The molecule has 0 spiro atoms. The van der Waals surface area contributed by atoms with Gasteiger partial charge in [0.15, 0.2) is 11.6 Å². The molecule has 6 rings (SSSR count). The van der Waals surface area contributed by atoms with Gasteiger partial charge < -0.3 is 25.8 Å². The Hall–Kier alpha value is -4.20. The highest BCUT2D eigenvalue weighted by Gasteiger charge is 2.38. The molecule has 0 radical (unpaired) electrons. The number of nitrogens with one attached hydrogen (secondary N) is 2. The number of anilines is 1. The quantitative estimate of drug-likeness (QED) is 0.279. The first-order chi connectivity index (χ1) is 19.5. The van der Waals surface area contributed by atoms with E-state index in [0.29, 0.717) is 18.7 Å². The smallest absolute Gasteiger partial charge is 0.240 e. The van der Waals surface area contributed by atoms with Gasteiger partial charge >= 0.3 is 0 Å². The van der Waals surface area contributed by atoms with Crippen molar-refractivity contribution in [2.75, 3.05) is 18.5 Å². The van der Waals surface area contributed by atoms with Crippen LogP contribution in [0, 0.1) is 5.82 Å². The summed E-state index contributed by atoms with van der Waals surface area (Å²) in [6.45, 7) is 0.764. The lowest BCUT2D eigenvalue weighted by Gasteiger charge is -2.34. The molecule has 204 valence electrons. The van der Waals surface area contributed by atoms with E-state index in [1.54, 1.807) is 12.1 Å². The molecule has 4 atom stereocenters. The van der Waals surface area contributed by atoms with Crippen LogP contribution in [0.5, 0.6) is 5.75 Å². The average molecular weight is 538 g/mol. The number of carbonyl (C=O) groups excluding carboxylic acids is 1. The van der Waals surface area contributed by atoms with Gasteiger partial charge in [-0.3, -0.25) is 4.79 Å². The summed E-state index contributed by atoms with van der Waals surface area (Å²) >= 11 is 0. The summed E-state index contributed by atoms with van der Waals surface area (Å²) in [5.74, 6) is -1.00. The number of carbonyl (C=O) groups is 1. The maximum Gasteiger partial charge on any atom is 0.240 e. The Morgan fingerprint density at radius 3 is 2.52 bits per heavy atom. The van der Waals surface area contributed by atoms with Gasteiger partial charge in [0.05, 0.1) is 17.8 Å². The number of para-hydroxylation sites is 1. The van der Waals surface area contributed by atoms with Crippen molar-refractivity contribution in [1.29, 1.82) is 0 Å². The molecular weight excluding hydrogens is 505 g/mol. The minimum atomic E-state index is -0.753. The van der Waals surface area contributed by atoms with E-state index < -0.39 is 17.8 Å². The summed E-state index contributed by atoms with van der Waals surface area (Å²) < 4.78 is 27.2. The van der Waals surface area contributed by atoms with Crippen LogP contribution >= 0.6 is 0 Å². The van der Waals surface area contributed by atoms with Gasteiger partial charge in [0.1, 0.15) is 18.8 Å². The van der Waals surface area contributed by atoms with Crippen LogP contribution in [-0.4, -0.2) is 37.3 Å². The van der Waals surface area contributed by atoms with Gasteiger partial charge in [0.25, 0.3) is 0 Å². The van der Waals surface area contributed by atoms with Gasteiger partial charge in [-0.05, 0) is 39.9 Å². The van der Waals surface area contributed by atoms with Crippen LogP contribution in [0.1, 0.15) is 22.7 Å². The summed E-state index contributed by atoms with van der Waals surface area (Å²) in [6.07, 6.45) is 0.965. The van der Waals surface area contributed by atoms with Crippen LogP contribution in [0.3, 0.4) is 0 Å². The molecule has 4 N–H and O–H groups in total. The molecule has 1 amide bonds. The van der Waals surface area contributed by atoms with E-state index in [0.717, 1.165) is 23.1 Å². The monoisotopic (exact) mass is 537 g/mol. The van der Waals surface area contributed by atoms with E-state index >= 15 is 0 Å². The molecule has 40 heavy (non-hydrogen) atoms. The molecule has 4 aromatic carbocycles. The van der Waals surface area contributed by atoms with E-state index in [9.17, 15) is 9.18 Å². The van der Waals surface area contributed by atoms with Crippen molar-refractivity contribution in [3.63, 3.8) is 0 Å². The minimum absolute atomic E-state index is 0.0190. The highest BCUT2D eigenvalue weighted by Crippen LogP contribution is 2.36. The number of hydrogen-bond acceptors (Lipinski definition) is 5. The largest absolute Gasteiger partial charge is 0.486 e. The molecule has 0 aromatic heterocycles. The van der Waals surface area contributed by atoms with Crippen LogP contribution in [-0.2, 0) is 22.4 Å². The third-order valence-electron chi connectivity index (χ3n) is 7.67. The SMILES string of the molecule is NC(=O)[C@H](Cc1ccc(-c2ccccc2)cc1)Nc1cccc(F)c1OC[C@@H]1CN[C@@H]2c3ccccc3C[C@@H]2O1. The standard InChI is InChI=1S/C33H32FN3O3/c34-27-11-6-12-28(32(27)39-20-25-19-36-31-26-10-5-4-9-24(26)18-30(31)40-25)37-29(33(35)38)17-21-13-15-23(16-14-21)22-7-2-1-3-8-22/h1-16,25,29-31,36-37H,17-20H2,(H2,35,38)/t25-,29-,30-,31+/m0/s1. The highest BCUT2D eigenvalue weighted by atomic mass is 19.1. The number of benzene rings is 4. The van der Waals surface area contributed by atoms with Crippen LogP contribution in [0.15, 0.2) is 97.1 Å². The number of halogens is 1. The van der Waals surface area contributed by atoms with Gasteiger partial charge in [-0.1, -0.05) is 84.9 Å². The molecule has 2 aliphatic rings. The van der Waals surface area contributed by atoms with E-state index in [1.165, 1.54) is 17.2 Å². The number of fused-ring (bicyclic) bond motifs is 3. The van der Waals surface area contributed by atoms with Gasteiger partial charge in [-0.25, -0.2) is 4.39 Å². The second-order valence-corrected chi connectivity index (χ2v) is 10.4. The Bertz CT molecular complexity index is 1480. The number of primary amides is 1. The molecule has 4 aromatic rings. The highest BCUT2D eigenvalue weighted by molar-refractivity contribution is 5.84. The van der Waals surface area contributed by atoms with Gasteiger partial charge in [-0.15, -0.1) is 0 Å². The van der Waals surface area contributed by atoms with Crippen molar-refractivity contribution in [2.24, 2.45) is 5.73 Å². The molecule has 1 saturated heterocycles. The molecular formula is C33H32FN3O3. The molecule has 1 heterocycles. The van der Waals surface area contributed by atoms with E-state index in [4.69, 9.17) is 15.2 Å². The van der Waals surface area contributed by atoms with Crippen LogP contribution in [0.2, 0.25) is 0 Å². The van der Waals surface area contributed by atoms with Crippen molar-refractivity contribution in [3.05, 3.63) is 120 Å². The van der Waals surface area contributed by atoms with E-state index in [2.05, 4.69) is 22.8 Å². The molecule has 6 nitrogen and oxygen atoms in total. The summed E-state index contributed by atoms with van der Waals surface area (Å²) in [6, 6.07) is 30.4. The third kappa shape index (κ3) is 5.57. The normalized spacial score (nSPS) is 20.3. The zero-order chi connectivity index (χ0) is 27.5. The molecule has 0 unspecified atom stereocenters. The lowest BCUT2D eigenvalue weighted by atomic mass is 10.00. The van der Waals surface area contributed by atoms with Crippen molar-refractivity contribution < 1.29 is 18.7 Å². The fourth-order valence-corrected chi connectivity index (χ4v) is 5.63. The molecule has 0 bridgehead atoms. The van der Waals surface area contributed by atoms with E-state index in [1.807, 2.05) is 66.7 Å². The molecule has 1 aliphatic carbocycles.